The van der Waals surface area contributed by atoms with E-state index >= 15 is 0 Å². The van der Waals surface area contributed by atoms with Crippen LogP contribution in [0, 0.1) is 16.7 Å². The largest absolute Gasteiger partial charge is 0.396 e. The lowest BCUT2D eigenvalue weighted by Gasteiger charge is -2.56. The summed E-state index contributed by atoms with van der Waals surface area (Å²) in [6.45, 7) is 4.57. The second kappa shape index (κ2) is 4.95. The minimum atomic E-state index is -0.213. The summed E-state index contributed by atoms with van der Waals surface area (Å²) in [5, 5.41) is 9.88. The molecule has 4 unspecified atom stereocenters. The highest BCUT2D eigenvalue weighted by Gasteiger charge is 2.54. The molecule has 1 aromatic carbocycles. The van der Waals surface area contributed by atoms with Gasteiger partial charge >= 0.3 is 0 Å². The third-order valence-corrected chi connectivity index (χ3v) is 5.78. The SMILES string of the molecule is CC1(C=O)CC2CC(C)(CO)CC(c3ccccc3)(C2)C1. The fourth-order valence-corrected chi connectivity index (χ4v) is 5.39. The number of hydrogen-bond donors (Lipinski definition) is 1. The van der Waals surface area contributed by atoms with E-state index in [4.69, 9.17) is 0 Å². The lowest BCUT2D eigenvalue weighted by molar-refractivity contribution is -0.123. The number of fused-ring (bicyclic) bond motifs is 2. The average Bonchev–Trinajstić information content (AvgIpc) is 2.47. The van der Waals surface area contributed by atoms with Crippen LogP contribution in [0.25, 0.3) is 0 Å². The van der Waals surface area contributed by atoms with Crippen molar-refractivity contribution < 1.29 is 9.90 Å². The molecule has 0 spiro atoms. The number of aliphatic hydroxyl groups excluding tert-OH is 1. The monoisotopic (exact) mass is 286 g/mol. The van der Waals surface area contributed by atoms with Crippen molar-refractivity contribution in [3.8, 4) is 0 Å². The minimum absolute atomic E-state index is 0.0109. The molecule has 0 saturated heterocycles. The summed E-state index contributed by atoms with van der Waals surface area (Å²) >= 11 is 0. The molecule has 1 aromatic rings. The Morgan fingerprint density at radius 2 is 1.86 bits per heavy atom. The standard InChI is InChI=1S/C19H26O2/c1-17(13-20)8-15-9-18(2,14-21)12-19(10-15,11-17)16-6-4-3-5-7-16/h3-7,13,15,21H,8-12,14H2,1-2H3. The third kappa shape index (κ3) is 2.55. The van der Waals surface area contributed by atoms with Gasteiger partial charge in [0.15, 0.2) is 0 Å². The summed E-state index contributed by atoms with van der Waals surface area (Å²) in [6.07, 6.45) is 6.26. The summed E-state index contributed by atoms with van der Waals surface area (Å²) in [6, 6.07) is 10.6. The molecule has 0 aliphatic heterocycles. The molecule has 2 heteroatoms. The number of rotatable bonds is 3. The van der Waals surface area contributed by atoms with Gasteiger partial charge in [-0.3, -0.25) is 0 Å². The van der Waals surface area contributed by atoms with Gasteiger partial charge in [-0.1, -0.05) is 44.2 Å². The summed E-state index contributed by atoms with van der Waals surface area (Å²) in [5.41, 5.74) is 1.18. The van der Waals surface area contributed by atoms with Crippen molar-refractivity contribution in [2.75, 3.05) is 6.61 Å². The van der Waals surface area contributed by atoms with Crippen LogP contribution in [0.3, 0.4) is 0 Å². The number of aldehydes is 1. The molecular weight excluding hydrogens is 260 g/mol. The molecule has 3 rings (SSSR count). The van der Waals surface area contributed by atoms with Gasteiger partial charge < -0.3 is 9.90 Å². The lowest BCUT2D eigenvalue weighted by atomic mass is 9.47. The Hall–Kier alpha value is -1.15. The van der Waals surface area contributed by atoms with Crippen LogP contribution in [0.4, 0.5) is 0 Å². The van der Waals surface area contributed by atoms with E-state index in [-0.39, 0.29) is 22.9 Å². The average molecular weight is 286 g/mol. The third-order valence-electron chi connectivity index (χ3n) is 5.78. The van der Waals surface area contributed by atoms with Crippen LogP contribution < -0.4 is 0 Å². The predicted molar refractivity (Wildman–Crippen MR) is 84.1 cm³/mol. The molecule has 0 heterocycles. The van der Waals surface area contributed by atoms with Gasteiger partial charge in [-0.15, -0.1) is 0 Å². The minimum Gasteiger partial charge on any atom is -0.396 e. The van der Waals surface area contributed by atoms with Crippen LogP contribution in [0.5, 0.6) is 0 Å². The fourth-order valence-electron chi connectivity index (χ4n) is 5.39. The number of benzene rings is 1. The maximum absolute atomic E-state index is 11.7. The van der Waals surface area contributed by atoms with E-state index in [9.17, 15) is 9.90 Å². The summed E-state index contributed by atoms with van der Waals surface area (Å²) in [4.78, 5) is 11.7. The van der Waals surface area contributed by atoms with E-state index in [2.05, 4.69) is 38.1 Å². The van der Waals surface area contributed by atoms with Crippen LogP contribution in [-0.2, 0) is 10.2 Å². The highest BCUT2D eigenvalue weighted by molar-refractivity contribution is 5.60. The Morgan fingerprint density at radius 1 is 1.14 bits per heavy atom. The molecular formula is C19H26O2. The van der Waals surface area contributed by atoms with Crippen LogP contribution in [0.2, 0.25) is 0 Å². The molecule has 21 heavy (non-hydrogen) atoms. The lowest BCUT2D eigenvalue weighted by Crippen LogP contribution is -2.51. The van der Waals surface area contributed by atoms with Gasteiger partial charge in [0.1, 0.15) is 6.29 Å². The van der Waals surface area contributed by atoms with Crippen molar-refractivity contribution in [2.45, 2.75) is 51.4 Å². The van der Waals surface area contributed by atoms with Gasteiger partial charge in [0, 0.05) is 12.0 Å². The Labute approximate surface area is 127 Å². The zero-order valence-electron chi connectivity index (χ0n) is 13.1. The summed E-state index contributed by atoms with van der Waals surface area (Å²) in [5.74, 6) is 0.542. The van der Waals surface area contributed by atoms with Gasteiger partial charge in [0.05, 0.1) is 0 Å². The molecule has 114 valence electrons. The predicted octanol–water partition coefficient (Wildman–Crippen LogP) is 3.72. The molecule has 2 bridgehead atoms. The molecule has 0 radical (unpaired) electrons. The first-order chi connectivity index (χ1) is 9.93. The van der Waals surface area contributed by atoms with E-state index in [1.807, 2.05) is 6.07 Å². The smallest absolute Gasteiger partial charge is 0.125 e. The Kier molecular flexibility index (Phi) is 3.48. The van der Waals surface area contributed by atoms with Gasteiger partial charge in [-0.2, -0.15) is 0 Å². The zero-order chi connectivity index (χ0) is 15.1. The zero-order valence-corrected chi connectivity index (χ0v) is 13.1. The molecule has 0 aromatic heterocycles. The van der Waals surface area contributed by atoms with Gasteiger partial charge in [0.25, 0.3) is 0 Å². The highest BCUT2D eigenvalue weighted by atomic mass is 16.3. The topological polar surface area (TPSA) is 37.3 Å². The molecule has 0 amide bonds. The molecule has 2 nitrogen and oxygen atoms in total. The van der Waals surface area contributed by atoms with Crippen LogP contribution in [-0.4, -0.2) is 18.0 Å². The molecule has 2 saturated carbocycles. The maximum atomic E-state index is 11.7. The van der Waals surface area contributed by atoms with E-state index in [0.717, 1.165) is 32.1 Å². The number of carbonyl (C=O) groups excluding carboxylic acids is 1. The normalized spacial score (nSPS) is 42.5. The van der Waals surface area contributed by atoms with Crippen molar-refractivity contribution in [1.82, 2.24) is 0 Å². The van der Waals surface area contributed by atoms with E-state index in [1.54, 1.807) is 0 Å². The Balaban J connectivity index is 2.06. The van der Waals surface area contributed by atoms with Crippen molar-refractivity contribution in [3.05, 3.63) is 35.9 Å². The number of carbonyl (C=O) groups is 1. The second-order valence-electron chi connectivity index (χ2n) is 8.22. The molecule has 1 N–H and O–H groups in total. The van der Waals surface area contributed by atoms with Crippen molar-refractivity contribution in [2.24, 2.45) is 16.7 Å². The van der Waals surface area contributed by atoms with Gasteiger partial charge in [-0.05, 0) is 54.4 Å². The Morgan fingerprint density at radius 3 is 2.48 bits per heavy atom. The highest BCUT2D eigenvalue weighted by Crippen LogP contribution is 2.60. The molecule has 2 fully saturated rings. The molecule has 2 aliphatic carbocycles. The first kappa shape index (κ1) is 14.8. The number of aliphatic hydroxyl groups is 1. The summed E-state index contributed by atoms with van der Waals surface area (Å²) in [7, 11) is 0. The first-order valence-electron chi connectivity index (χ1n) is 8.05. The van der Waals surface area contributed by atoms with Crippen LogP contribution >= 0.6 is 0 Å². The van der Waals surface area contributed by atoms with Crippen molar-refractivity contribution in [1.29, 1.82) is 0 Å². The second-order valence-corrected chi connectivity index (χ2v) is 8.22. The van der Waals surface area contributed by atoms with E-state index in [0.29, 0.717) is 5.92 Å². The fraction of sp³-hybridized carbons (Fsp3) is 0.632. The van der Waals surface area contributed by atoms with Crippen LogP contribution in [0.1, 0.15) is 51.5 Å². The Bertz CT molecular complexity index is 526. The van der Waals surface area contributed by atoms with E-state index < -0.39 is 0 Å². The van der Waals surface area contributed by atoms with Crippen molar-refractivity contribution in [3.63, 3.8) is 0 Å². The molecule has 4 atom stereocenters. The first-order valence-corrected chi connectivity index (χ1v) is 8.05. The van der Waals surface area contributed by atoms with Gasteiger partial charge in [0.2, 0.25) is 0 Å². The van der Waals surface area contributed by atoms with Crippen molar-refractivity contribution >= 4 is 6.29 Å². The van der Waals surface area contributed by atoms with Gasteiger partial charge in [-0.25, -0.2) is 0 Å². The molecule has 2 aliphatic rings. The quantitative estimate of drug-likeness (QED) is 0.860. The summed E-state index contributed by atoms with van der Waals surface area (Å²) < 4.78 is 0. The maximum Gasteiger partial charge on any atom is 0.125 e. The van der Waals surface area contributed by atoms with E-state index in [1.165, 1.54) is 11.8 Å². The van der Waals surface area contributed by atoms with Crippen LogP contribution in [0.15, 0.2) is 30.3 Å². The number of hydrogen-bond acceptors (Lipinski definition) is 2.